The summed E-state index contributed by atoms with van der Waals surface area (Å²) in [6, 6.07) is 7.24. The van der Waals surface area contributed by atoms with E-state index >= 15 is 0 Å². The van der Waals surface area contributed by atoms with Crippen molar-refractivity contribution < 1.29 is 27.1 Å². The minimum absolute atomic E-state index is 0.0420. The fraction of sp³-hybridized carbons (Fsp3) is 0.435. The molecule has 0 fully saturated rings. The molecule has 4 nitrogen and oxygen atoms in total. The van der Waals surface area contributed by atoms with Crippen molar-refractivity contribution in [1.82, 2.24) is 0 Å². The van der Waals surface area contributed by atoms with E-state index in [0.717, 1.165) is 36.1 Å². The third-order valence-electron chi connectivity index (χ3n) is 6.22. The number of rotatable bonds is 5. The second-order valence-corrected chi connectivity index (χ2v) is 11.4. The van der Waals surface area contributed by atoms with E-state index in [4.69, 9.17) is 5.11 Å². The molecular formula is C23H26F2O4S. The SMILES string of the molecule is CC1(C)CCC(C)(C)c2cc(S(=O)(=O)CCc3ccc(C(=O)O)c(F)c3F)ccc21. The Bertz CT molecular complexity index is 1120. The molecule has 0 aromatic heterocycles. The molecule has 0 radical (unpaired) electrons. The minimum atomic E-state index is -3.74. The first-order valence-corrected chi connectivity index (χ1v) is 11.5. The Hall–Kier alpha value is -2.28. The summed E-state index contributed by atoms with van der Waals surface area (Å²) >= 11 is 0. The van der Waals surface area contributed by atoms with Crippen LogP contribution < -0.4 is 0 Å². The van der Waals surface area contributed by atoms with E-state index in [1.807, 2.05) is 6.07 Å². The average Bonchev–Trinajstić information content (AvgIpc) is 2.66. The molecule has 0 saturated carbocycles. The van der Waals surface area contributed by atoms with Gasteiger partial charge in [0.05, 0.1) is 16.2 Å². The van der Waals surface area contributed by atoms with Crippen molar-refractivity contribution in [3.05, 3.63) is 64.2 Å². The number of benzene rings is 2. The van der Waals surface area contributed by atoms with E-state index in [1.165, 1.54) is 0 Å². The van der Waals surface area contributed by atoms with Gasteiger partial charge in [-0.15, -0.1) is 0 Å². The zero-order chi connectivity index (χ0) is 22.5. The van der Waals surface area contributed by atoms with E-state index in [1.54, 1.807) is 12.1 Å². The summed E-state index contributed by atoms with van der Waals surface area (Å²) in [5.41, 5.74) is 0.995. The zero-order valence-corrected chi connectivity index (χ0v) is 18.4. The van der Waals surface area contributed by atoms with Crippen molar-refractivity contribution >= 4 is 15.8 Å². The summed E-state index contributed by atoms with van der Waals surface area (Å²) in [5.74, 6) is -4.78. The fourth-order valence-electron chi connectivity index (χ4n) is 4.07. The van der Waals surface area contributed by atoms with Gasteiger partial charge in [0.25, 0.3) is 0 Å². The molecule has 0 unspecified atom stereocenters. The van der Waals surface area contributed by atoms with Crippen LogP contribution in [0.15, 0.2) is 35.2 Å². The molecule has 30 heavy (non-hydrogen) atoms. The lowest BCUT2D eigenvalue weighted by molar-refractivity contribution is 0.0690. The molecule has 0 aliphatic heterocycles. The molecule has 1 aliphatic rings. The van der Waals surface area contributed by atoms with Crippen LogP contribution in [0.2, 0.25) is 0 Å². The van der Waals surface area contributed by atoms with Crippen molar-refractivity contribution in [2.45, 2.75) is 62.7 Å². The van der Waals surface area contributed by atoms with Crippen LogP contribution in [-0.2, 0) is 27.1 Å². The Morgan fingerprint density at radius 1 is 0.967 bits per heavy atom. The van der Waals surface area contributed by atoms with Gasteiger partial charge >= 0.3 is 5.97 Å². The summed E-state index contributed by atoms with van der Waals surface area (Å²) < 4.78 is 53.9. The minimum Gasteiger partial charge on any atom is -0.478 e. The first-order valence-electron chi connectivity index (χ1n) is 9.84. The Labute approximate surface area is 175 Å². The zero-order valence-electron chi connectivity index (χ0n) is 17.6. The molecule has 7 heteroatoms. The molecule has 2 aromatic carbocycles. The van der Waals surface area contributed by atoms with Gasteiger partial charge in [0.15, 0.2) is 21.5 Å². The maximum atomic E-state index is 14.2. The van der Waals surface area contributed by atoms with E-state index in [9.17, 15) is 22.0 Å². The van der Waals surface area contributed by atoms with Crippen molar-refractivity contribution in [2.24, 2.45) is 0 Å². The number of hydrogen-bond donors (Lipinski definition) is 1. The van der Waals surface area contributed by atoms with Crippen molar-refractivity contribution in [3.63, 3.8) is 0 Å². The molecule has 0 saturated heterocycles. The maximum Gasteiger partial charge on any atom is 0.338 e. The second kappa shape index (κ2) is 7.45. The molecule has 162 valence electrons. The number of carboxylic acid groups (broad SMARTS) is 1. The summed E-state index contributed by atoms with van der Waals surface area (Å²) in [4.78, 5) is 11.1. The molecule has 0 spiro atoms. The summed E-state index contributed by atoms with van der Waals surface area (Å²) in [6.07, 6.45) is 1.70. The highest BCUT2D eigenvalue weighted by atomic mass is 32.2. The molecule has 0 heterocycles. The van der Waals surface area contributed by atoms with Gasteiger partial charge in [-0.3, -0.25) is 0 Å². The lowest BCUT2D eigenvalue weighted by Crippen LogP contribution is -2.34. The van der Waals surface area contributed by atoms with Gasteiger partial charge in [-0.25, -0.2) is 22.0 Å². The smallest absolute Gasteiger partial charge is 0.338 e. The highest BCUT2D eigenvalue weighted by molar-refractivity contribution is 7.91. The number of halogens is 2. The number of aromatic carboxylic acids is 1. The Kier molecular flexibility index (Phi) is 5.56. The second-order valence-electron chi connectivity index (χ2n) is 9.25. The standard InChI is InChI=1S/C23H26F2O4S/c1-22(2)10-11-23(3,4)18-13-15(6-8-17(18)22)30(28,29)12-9-14-5-7-16(21(26)27)20(25)19(14)24/h5-8,13H,9-12H2,1-4H3,(H,26,27). The topological polar surface area (TPSA) is 71.4 Å². The Morgan fingerprint density at radius 2 is 1.57 bits per heavy atom. The normalized spacial score (nSPS) is 17.4. The fourth-order valence-corrected chi connectivity index (χ4v) is 5.37. The number of aryl methyl sites for hydroxylation is 1. The third-order valence-corrected chi connectivity index (χ3v) is 7.93. The summed E-state index contributed by atoms with van der Waals surface area (Å²) in [6.45, 7) is 8.49. The Morgan fingerprint density at radius 3 is 2.17 bits per heavy atom. The molecule has 0 amide bonds. The van der Waals surface area contributed by atoms with Gasteiger partial charge < -0.3 is 5.11 Å². The lowest BCUT2D eigenvalue weighted by atomic mass is 9.63. The lowest BCUT2D eigenvalue weighted by Gasteiger charge is -2.42. The largest absolute Gasteiger partial charge is 0.478 e. The summed E-state index contributed by atoms with van der Waals surface area (Å²) in [7, 11) is -3.74. The first-order chi connectivity index (χ1) is 13.8. The van der Waals surface area contributed by atoms with Crippen LogP contribution in [0.1, 0.15) is 67.6 Å². The van der Waals surface area contributed by atoms with Gasteiger partial charge in [0.2, 0.25) is 0 Å². The molecule has 2 aromatic rings. The molecular weight excluding hydrogens is 410 g/mol. The number of sulfone groups is 1. The summed E-state index contributed by atoms with van der Waals surface area (Å²) in [5, 5.41) is 8.86. The van der Waals surface area contributed by atoms with Gasteiger partial charge in [-0.05, 0) is 65.0 Å². The molecule has 1 N–H and O–H groups in total. The van der Waals surface area contributed by atoms with E-state index in [2.05, 4.69) is 27.7 Å². The van der Waals surface area contributed by atoms with E-state index in [0.29, 0.717) is 0 Å². The van der Waals surface area contributed by atoms with Gasteiger partial charge in [-0.1, -0.05) is 39.8 Å². The quantitative estimate of drug-likeness (QED) is 0.714. The maximum absolute atomic E-state index is 14.2. The van der Waals surface area contributed by atoms with Crippen molar-refractivity contribution in [1.29, 1.82) is 0 Å². The van der Waals surface area contributed by atoms with E-state index in [-0.39, 0.29) is 27.7 Å². The van der Waals surface area contributed by atoms with Crippen molar-refractivity contribution in [2.75, 3.05) is 5.75 Å². The van der Waals surface area contributed by atoms with Crippen molar-refractivity contribution in [3.8, 4) is 0 Å². The first kappa shape index (κ1) is 22.4. The predicted molar refractivity (Wildman–Crippen MR) is 111 cm³/mol. The van der Waals surface area contributed by atoms with Crippen LogP contribution in [0.4, 0.5) is 8.78 Å². The molecule has 0 bridgehead atoms. The van der Waals surface area contributed by atoms with Crippen LogP contribution in [0, 0.1) is 11.6 Å². The van der Waals surface area contributed by atoms with Crippen LogP contribution in [0.3, 0.4) is 0 Å². The van der Waals surface area contributed by atoms with Crippen LogP contribution >= 0.6 is 0 Å². The van der Waals surface area contributed by atoms with Gasteiger partial charge in [0, 0.05) is 0 Å². The molecule has 3 rings (SSSR count). The van der Waals surface area contributed by atoms with Crippen LogP contribution in [0.25, 0.3) is 0 Å². The molecule has 1 aliphatic carbocycles. The number of hydrogen-bond acceptors (Lipinski definition) is 3. The predicted octanol–water partition coefficient (Wildman–Crippen LogP) is 5.03. The average molecular weight is 437 g/mol. The van der Waals surface area contributed by atoms with Gasteiger partial charge in [-0.2, -0.15) is 0 Å². The Balaban J connectivity index is 1.91. The van der Waals surface area contributed by atoms with Crippen LogP contribution in [-0.4, -0.2) is 25.2 Å². The van der Waals surface area contributed by atoms with Gasteiger partial charge in [0.1, 0.15) is 0 Å². The number of fused-ring (bicyclic) bond motifs is 1. The van der Waals surface area contributed by atoms with E-state index < -0.39 is 38.8 Å². The highest BCUT2D eigenvalue weighted by Crippen LogP contribution is 2.46. The number of carboxylic acids is 1. The van der Waals surface area contributed by atoms with Crippen LogP contribution in [0.5, 0.6) is 0 Å². The molecule has 0 atom stereocenters. The highest BCUT2D eigenvalue weighted by Gasteiger charge is 2.37. The number of carbonyl (C=O) groups is 1. The monoisotopic (exact) mass is 436 g/mol. The third kappa shape index (κ3) is 4.00.